The maximum absolute atomic E-state index is 5.62. The summed E-state index contributed by atoms with van der Waals surface area (Å²) in [4.78, 5) is 0. The minimum absolute atomic E-state index is 0.0287. The fourth-order valence-electron chi connectivity index (χ4n) is 1.61. The molecule has 0 aromatic carbocycles. The number of aryl methyl sites for hydroxylation is 1. The van der Waals surface area contributed by atoms with Gasteiger partial charge in [-0.3, -0.25) is 0 Å². The second-order valence-corrected chi connectivity index (χ2v) is 4.14. The van der Waals surface area contributed by atoms with Crippen molar-refractivity contribution in [2.75, 3.05) is 14.1 Å². The summed E-state index contributed by atoms with van der Waals surface area (Å²) in [5.41, 5.74) is -0.0287. The van der Waals surface area contributed by atoms with Crippen molar-refractivity contribution in [1.82, 2.24) is 10.6 Å². The summed E-state index contributed by atoms with van der Waals surface area (Å²) in [6.07, 6.45) is 0. The number of hydrogen-bond acceptors (Lipinski definition) is 3. The van der Waals surface area contributed by atoms with E-state index >= 15 is 0 Å². The molecule has 1 heterocycles. The van der Waals surface area contributed by atoms with Gasteiger partial charge in [0.25, 0.3) is 0 Å². The van der Waals surface area contributed by atoms with Crippen molar-refractivity contribution < 1.29 is 4.42 Å². The third-order valence-electron chi connectivity index (χ3n) is 2.70. The van der Waals surface area contributed by atoms with Gasteiger partial charge < -0.3 is 15.1 Å². The Morgan fingerprint density at radius 2 is 1.93 bits per heavy atom. The molecule has 80 valence electrons. The molecule has 0 aliphatic rings. The molecule has 0 amide bonds. The SMILES string of the molecule is CNC(c1ccc(C)o1)C(C)(C)NC. The molecule has 0 aliphatic carbocycles. The summed E-state index contributed by atoms with van der Waals surface area (Å²) in [5, 5.41) is 6.54. The minimum Gasteiger partial charge on any atom is -0.465 e. The van der Waals surface area contributed by atoms with E-state index in [-0.39, 0.29) is 11.6 Å². The molecule has 3 heteroatoms. The van der Waals surface area contributed by atoms with Crippen LogP contribution in [0.5, 0.6) is 0 Å². The summed E-state index contributed by atoms with van der Waals surface area (Å²) in [7, 11) is 3.90. The van der Waals surface area contributed by atoms with E-state index in [0.717, 1.165) is 11.5 Å². The van der Waals surface area contributed by atoms with Gasteiger partial charge in [-0.2, -0.15) is 0 Å². The van der Waals surface area contributed by atoms with Crippen LogP contribution in [-0.2, 0) is 0 Å². The normalized spacial score (nSPS) is 14.4. The number of nitrogens with one attached hydrogen (secondary N) is 2. The highest BCUT2D eigenvalue weighted by molar-refractivity contribution is 5.14. The Morgan fingerprint density at radius 1 is 1.29 bits per heavy atom. The molecular weight excluding hydrogens is 176 g/mol. The highest BCUT2D eigenvalue weighted by atomic mass is 16.3. The Morgan fingerprint density at radius 3 is 2.29 bits per heavy atom. The lowest BCUT2D eigenvalue weighted by atomic mass is 9.93. The van der Waals surface area contributed by atoms with Crippen LogP contribution < -0.4 is 10.6 Å². The number of furan rings is 1. The molecule has 0 fully saturated rings. The van der Waals surface area contributed by atoms with Crippen LogP contribution in [0.1, 0.15) is 31.4 Å². The van der Waals surface area contributed by atoms with Crippen LogP contribution in [0.4, 0.5) is 0 Å². The Balaban J connectivity index is 2.92. The van der Waals surface area contributed by atoms with Crippen molar-refractivity contribution in [3.8, 4) is 0 Å². The molecule has 0 bridgehead atoms. The van der Waals surface area contributed by atoms with Crippen LogP contribution in [0.15, 0.2) is 16.5 Å². The van der Waals surface area contributed by atoms with Gasteiger partial charge in [0, 0.05) is 5.54 Å². The smallest absolute Gasteiger partial charge is 0.122 e. The zero-order valence-corrected chi connectivity index (χ0v) is 9.64. The summed E-state index contributed by atoms with van der Waals surface area (Å²) in [5.74, 6) is 1.93. The molecule has 1 atom stereocenters. The van der Waals surface area contributed by atoms with Crippen molar-refractivity contribution in [3.63, 3.8) is 0 Å². The molecule has 1 aromatic heterocycles. The maximum atomic E-state index is 5.62. The average molecular weight is 196 g/mol. The van der Waals surface area contributed by atoms with E-state index in [1.165, 1.54) is 0 Å². The molecule has 0 aliphatic heterocycles. The molecule has 0 spiro atoms. The van der Waals surface area contributed by atoms with Crippen molar-refractivity contribution in [2.24, 2.45) is 0 Å². The maximum Gasteiger partial charge on any atom is 0.122 e. The van der Waals surface area contributed by atoms with Gasteiger partial charge in [-0.15, -0.1) is 0 Å². The van der Waals surface area contributed by atoms with Gasteiger partial charge in [-0.1, -0.05) is 0 Å². The van der Waals surface area contributed by atoms with E-state index < -0.39 is 0 Å². The van der Waals surface area contributed by atoms with Crippen LogP contribution in [-0.4, -0.2) is 19.6 Å². The lowest BCUT2D eigenvalue weighted by Gasteiger charge is -2.32. The number of likely N-dealkylation sites (N-methyl/N-ethyl adjacent to an activating group) is 2. The zero-order valence-electron chi connectivity index (χ0n) is 9.64. The quantitative estimate of drug-likeness (QED) is 0.771. The van der Waals surface area contributed by atoms with Crippen molar-refractivity contribution in [3.05, 3.63) is 23.7 Å². The molecular formula is C11H20N2O. The predicted molar refractivity (Wildman–Crippen MR) is 58.4 cm³/mol. The van der Waals surface area contributed by atoms with Gasteiger partial charge in [-0.05, 0) is 47.0 Å². The fourth-order valence-corrected chi connectivity index (χ4v) is 1.61. The Labute approximate surface area is 85.9 Å². The Hall–Kier alpha value is -0.800. The van der Waals surface area contributed by atoms with Gasteiger partial charge in [0.05, 0.1) is 6.04 Å². The third-order valence-corrected chi connectivity index (χ3v) is 2.70. The van der Waals surface area contributed by atoms with E-state index in [4.69, 9.17) is 4.42 Å². The van der Waals surface area contributed by atoms with Crippen LogP contribution in [0.3, 0.4) is 0 Å². The number of hydrogen-bond donors (Lipinski definition) is 2. The van der Waals surface area contributed by atoms with E-state index in [9.17, 15) is 0 Å². The Bertz CT molecular complexity index is 291. The summed E-state index contributed by atoms with van der Waals surface area (Å²) < 4.78 is 5.62. The molecule has 0 saturated carbocycles. The van der Waals surface area contributed by atoms with E-state index in [1.54, 1.807) is 0 Å². The molecule has 2 N–H and O–H groups in total. The largest absolute Gasteiger partial charge is 0.465 e. The summed E-state index contributed by atoms with van der Waals surface area (Å²) in [6, 6.07) is 4.20. The lowest BCUT2D eigenvalue weighted by molar-refractivity contribution is 0.270. The minimum atomic E-state index is -0.0287. The second kappa shape index (κ2) is 4.15. The fraction of sp³-hybridized carbons (Fsp3) is 0.636. The van der Waals surface area contributed by atoms with Crippen LogP contribution in [0.25, 0.3) is 0 Å². The van der Waals surface area contributed by atoms with Crippen LogP contribution in [0.2, 0.25) is 0 Å². The van der Waals surface area contributed by atoms with Crippen molar-refractivity contribution in [2.45, 2.75) is 32.4 Å². The third kappa shape index (κ3) is 2.16. The number of rotatable bonds is 4. The van der Waals surface area contributed by atoms with E-state index in [2.05, 4.69) is 24.5 Å². The van der Waals surface area contributed by atoms with Crippen molar-refractivity contribution in [1.29, 1.82) is 0 Å². The standard InChI is InChI=1S/C11H20N2O/c1-8-6-7-9(14-8)10(12-4)11(2,3)13-5/h6-7,10,12-13H,1-5H3. The van der Waals surface area contributed by atoms with E-state index in [0.29, 0.717) is 0 Å². The zero-order chi connectivity index (χ0) is 10.8. The molecule has 14 heavy (non-hydrogen) atoms. The lowest BCUT2D eigenvalue weighted by Crippen LogP contribution is -2.47. The highest BCUT2D eigenvalue weighted by Crippen LogP contribution is 2.26. The van der Waals surface area contributed by atoms with E-state index in [1.807, 2.05) is 33.2 Å². The van der Waals surface area contributed by atoms with Crippen LogP contribution >= 0.6 is 0 Å². The molecule has 1 rings (SSSR count). The van der Waals surface area contributed by atoms with Gasteiger partial charge in [0.1, 0.15) is 11.5 Å². The first-order valence-corrected chi connectivity index (χ1v) is 4.93. The molecule has 1 aromatic rings. The van der Waals surface area contributed by atoms with Gasteiger partial charge >= 0.3 is 0 Å². The highest BCUT2D eigenvalue weighted by Gasteiger charge is 2.29. The summed E-state index contributed by atoms with van der Waals surface area (Å²) in [6.45, 7) is 6.25. The molecule has 0 saturated heterocycles. The first-order chi connectivity index (χ1) is 6.51. The predicted octanol–water partition coefficient (Wildman–Crippen LogP) is 1.85. The second-order valence-electron chi connectivity index (χ2n) is 4.14. The van der Waals surface area contributed by atoms with Gasteiger partial charge in [0.15, 0.2) is 0 Å². The molecule has 1 unspecified atom stereocenters. The van der Waals surface area contributed by atoms with Gasteiger partial charge in [-0.25, -0.2) is 0 Å². The van der Waals surface area contributed by atoms with Crippen molar-refractivity contribution >= 4 is 0 Å². The van der Waals surface area contributed by atoms with Gasteiger partial charge in [0.2, 0.25) is 0 Å². The first-order valence-electron chi connectivity index (χ1n) is 4.93. The summed E-state index contributed by atoms with van der Waals surface area (Å²) >= 11 is 0. The Kier molecular flexibility index (Phi) is 3.34. The average Bonchev–Trinajstić information content (AvgIpc) is 2.53. The molecule has 0 radical (unpaired) electrons. The first kappa shape index (κ1) is 11.3. The monoisotopic (exact) mass is 196 g/mol. The molecule has 3 nitrogen and oxygen atoms in total. The van der Waals surface area contributed by atoms with Crippen LogP contribution in [0, 0.1) is 6.92 Å². The topological polar surface area (TPSA) is 37.2 Å².